The van der Waals surface area contributed by atoms with E-state index in [1.807, 2.05) is 37.4 Å². The number of aryl methyl sites for hydroxylation is 2. The number of nitrogens with zero attached hydrogens (tertiary/aromatic N) is 2. The molecule has 0 aliphatic carbocycles. The summed E-state index contributed by atoms with van der Waals surface area (Å²) >= 11 is 1.59. The van der Waals surface area contributed by atoms with Crippen molar-refractivity contribution in [3.05, 3.63) is 78.1 Å². The predicted octanol–water partition coefficient (Wildman–Crippen LogP) is 2.35. The zero-order chi connectivity index (χ0) is 19.1. The van der Waals surface area contributed by atoms with Gasteiger partial charge in [-0.2, -0.15) is 5.10 Å². The van der Waals surface area contributed by atoms with Crippen molar-refractivity contribution in [1.29, 1.82) is 0 Å². The Morgan fingerprint density at radius 2 is 1.96 bits per heavy atom. The van der Waals surface area contributed by atoms with Gasteiger partial charge in [0, 0.05) is 11.3 Å². The van der Waals surface area contributed by atoms with Crippen LogP contribution in [0.15, 0.2) is 50.4 Å². The van der Waals surface area contributed by atoms with E-state index in [0.717, 1.165) is 20.6 Å². The molecule has 8 heteroatoms. The van der Waals surface area contributed by atoms with Gasteiger partial charge in [0.25, 0.3) is 5.56 Å². The summed E-state index contributed by atoms with van der Waals surface area (Å²) in [7, 11) is 0. The topological polar surface area (TPSA) is 99.5 Å². The molecule has 27 heavy (non-hydrogen) atoms. The molecule has 3 aromatic rings. The third kappa shape index (κ3) is 3.08. The summed E-state index contributed by atoms with van der Waals surface area (Å²) in [5.41, 5.74) is 4.49. The molecule has 2 aromatic heterocycles. The largest absolute Gasteiger partial charge is 0.493 e. The fourth-order valence-electron chi connectivity index (χ4n) is 3.36. The maximum atomic E-state index is 12.4. The summed E-state index contributed by atoms with van der Waals surface area (Å²) in [5, 5.41) is 17.0. The minimum atomic E-state index is -0.687. The van der Waals surface area contributed by atoms with E-state index >= 15 is 0 Å². The SMILES string of the molecule is Cc1cc(C)cc(-n2c(O)c(C3=NN[C@@H](c4cccs4)C3)c(=O)[nH]c2=O)c1. The van der Waals surface area contributed by atoms with E-state index in [2.05, 4.69) is 15.5 Å². The van der Waals surface area contributed by atoms with Crippen molar-refractivity contribution in [2.75, 3.05) is 0 Å². The van der Waals surface area contributed by atoms with Crippen molar-refractivity contribution in [3.63, 3.8) is 0 Å². The van der Waals surface area contributed by atoms with Crippen LogP contribution in [0.4, 0.5) is 0 Å². The van der Waals surface area contributed by atoms with Gasteiger partial charge in [0.05, 0.1) is 17.4 Å². The van der Waals surface area contributed by atoms with Gasteiger partial charge in [-0.15, -0.1) is 11.3 Å². The summed E-state index contributed by atoms with van der Waals surface area (Å²) < 4.78 is 1.11. The Kier molecular flexibility index (Phi) is 4.19. The summed E-state index contributed by atoms with van der Waals surface area (Å²) in [5.74, 6) is -0.402. The Morgan fingerprint density at radius 1 is 1.22 bits per heavy atom. The van der Waals surface area contributed by atoms with Crippen LogP contribution in [0.5, 0.6) is 5.88 Å². The lowest BCUT2D eigenvalue weighted by Gasteiger charge is -2.13. The van der Waals surface area contributed by atoms with E-state index in [9.17, 15) is 14.7 Å². The van der Waals surface area contributed by atoms with Gasteiger partial charge in [-0.05, 0) is 48.6 Å². The summed E-state index contributed by atoms with van der Waals surface area (Å²) in [6.45, 7) is 3.81. The van der Waals surface area contributed by atoms with Gasteiger partial charge < -0.3 is 10.5 Å². The zero-order valence-electron chi connectivity index (χ0n) is 14.8. The molecule has 1 aromatic carbocycles. The first-order chi connectivity index (χ1) is 12.9. The number of benzene rings is 1. The molecule has 1 aliphatic rings. The minimum absolute atomic E-state index is 0.0142. The van der Waals surface area contributed by atoms with Crippen molar-refractivity contribution in [2.24, 2.45) is 5.10 Å². The number of hydrazone groups is 1. The number of thiophene rings is 1. The van der Waals surface area contributed by atoms with E-state index in [1.165, 1.54) is 0 Å². The maximum absolute atomic E-state index is 12.4. The third-order valence-corrected chi connectivity index (χ3v) is 5.46. The van der Waals surface area contributed by atoms with Crippen molar-refractivity contribution in [1.82, 2.24) is 15.0 Å². The molecule has 7 nitrogen and oxygen atoms in total. The molecule has 0 unspecified atom stereocenters. The standard InChI is InChI=1S/C19H18N4O3S/c1-10-6-11(2)8-12(7-10)23-18(25)16(17(24)20-19(23)26)14-9-13(21-22-14)15-4-3-5-27-15/h3-8,13,21,25H,9H2,1-2H3,(H,20,24,26)/t13-/m1/s1. The number of aromatic amines is 1. The molecule has 0 amide bonds. The van der Waals surface area contributed by atoms with Crippen LogP contribution >= 0.6 is 11.3 Å². The molecule has 138 valence electrons. The van der Waals surface area contributed by atoms with E-state index in [0.29, 0.717) is 17.8 Å². The predicted molar refractivity (Wildman–Crippen MR) is 105 cm³/mol. The fourth-order valence-corrected chi connectivity index (χ4v) is 4.13. The highest BCUT2D eigenvalue weighted by atomic mass is 32.1. The number of aromatic hydroxyl groups is 1. The molecule has 3 heterocycles. The van der Waals surface area contributed by atoms with Crippen LogP contribution in [0.25, 0.3) is 5.69 Å². The van der Waals surface area contributed by atoms with E-state index in [-0.39, 0.29) is 11.6 Å². The van der Waals surface area contributed by atoms with Gasteiger partial charge in [-0.1, -0.05) is 12.1 Å². The molecule has 0 saturated heterocycles. The van der Waals surface area contributed by atoms with Crippen LogP contribution in [-0.2, 0) is 0 Å². The normalized spacial score (nSPS) is 16.2. The van der Waals surface area contributed by atoms with Crippen LogP contribution in [0.3, 0.4) is 0 Å². The fraction of sp³-hybridized carbons (Fsp3) is 0.211. The average Bonchev–Trinajstić information content (AvgIpc) is 3.24. The smallest absolute Gasteiger partial charge is 0.335 e. The molecule has 0 spiro atoms. The molecule has 1 atom stereocenters. The van der Waals surface area contributed by atoms with Gasteiger partial charge >= 0.3 is 5.69 Å². The Bertz CT molecular complexity index is 1140. The first-order valence-corrected chi connectivity index (χ1v) is 9.35. The zero-order valence-corrected chi connectivity index (χ0v) is 15.6. The van der Waals surface area contributed by atoms with Crippen LogP contribution in [-0.4, -0.2) is 20.4 Å². The molecule has 0 radical (unpaired) electrons. The Balaban J connectivity index is 1.81. The second-order valence-electron chi connectivity index (χ2n) is 6.60. The van der Waals surface area contributed by atoms with Crippen LogP contribution in [0, 0.1) is 13.8 Å². The molecule has 0 saturated carbocycles. The highest BCUT2D eigenvalue weighted by Gasteiger charge is 2.28. The van der Waals surface area contributed by atoms with Crippen LogP contribution in [0.2, 0.25) is 0 Å². The van der Waals surface area contributed by atoms with E-state index in [4.69, 9.17) is 0 Å². The van der Waals surface area contributed by atoms with Gasteiger partial charge in [0.2, 0.25) is 5.88 Å². The highest BCUT2D eigenvalue weighted by Crippen LogP contribution is 2.29. The Morgan fingerprint density at radius 3 is 2.63 bits per heavy atom. The second-order valence-corrected chi connectivity index (χ2v) is 7.58. The molecular formula is C19H18N4O3S. The first kappa shape index (κ1) is 17.3. The van der Waals surface area contributed by atoms with Crippen LogP contribution in [0.1, 0.15) is 34.0 Å². The quantitative estimate of drug-likeness (QED) is 0.647. The summed E-state index contributed by atoms with van der Waals surface area (Å²) in [6.07, 6.45) is 0.447. The van der Waals surface area contributed by atoms with Gasteiger partial charge in [-0.3, -0.25) is 9.78 Å². The second kappa shape index (κ2) is 6.55. The van der Waals surface area contributed by atoms with Gasteiger partial charge in [-0.25, -0.2) is 9.36 Å². The van der Waals surface area contributed by atoms with Crippen LogP contribution < -0.4 is 16.7 Å². The lowest BCUT2D eigenvalue weighted by Crippen LogP contribution is -2.33. The van der Waals surface area contributed by atoms with Crippen molar-refractivity contribution < 1.29 is 5.11 Å². The number of rotatable bonds is 3. The highest BCUT2D eigenvalue weighted by molar-refractivity contribution is 7.10. The molecule has 4 rings (SSSR count). The summed E-state index contributed by atoms with van der Waals surface area (Å²) in [4.78, 5) is 28.2. The van der Waals surface area contributed by atoms with Crippen molar-refractivity contribution >= 4 is 17.0 Å². The number of aromatic nitrogens is 2. The molecule has 3 N–H and O–H groups in total. The minimum Gasteiger partial charge on any atom is -0.493 e. The lowest BCUT2D eigenvalue weighted by molar-refractivity contribution is 0.429. The first-order valence-electron chi connectivity index (χ1n) is 8.47. The lowest BCUT2D eigenvalue weighted by atomic mass is 10.1. The van der Waals surface area contributed by atoms with E-state index in [1.54, 1.807) is 23.5 Å². The number of hydrogen-bond acceptors (Lipinski definition) is 6. The van der Waals surface area contributed by atoms with Crippen molar-refractivity contribution in [2.45, 2.75) is 26.3 Å². The molecular weight excluding hydrogens is 364 g/mol. The average molecular weight is 382 g/mol. The van der Waals surface area contributed by atoms with Crippen molar-refractivity contribution in [3.8, 4) is 11.6 Å². The Labute approximate surface area is 158 Å². The molecule has 0 bridgehead atoms. The van der Waals surface area contributed by atoms with E-state index < -0.39 is 17.1 Å². The molecule has 0 fully saturated rings. The van der Waals surface area contributed by atoms with Gasteiger partial charge in [0.1, 0.15) is 5.56 Å². The summed E-state index contributed by atoms with van der Waals surface area (Å²) in [6, 6.07) is 9.40. The molecule has 1 aliphatic heterocycles. The third-order valence-electron chi connectivity index (χ3n) is 4.48. The number of nitrogens with one attached hydrogen (secondary N) is 2. The van der Waals surface area contributed by atoms with Gasteiger partial charge in [0.15, 0.2) is 0 Å². The monoisotopic (exact) mass is 382 g/mol. The maximum Gasteiger partial charge on any atom is 0.335 e. The number of hydrogen-bond donors (Lipinski definition) is 3. The Hall–Kier alpha value is -3.13. The number of H-pyrrole nitrogens is 1.